The Balaban J connectivity index is 0.981. The van der Waals surface area contributed by atoms with Crippen molar-refractivity contribution in [3.8, 4) is 0 Å². The molecule has 10 aliphatic rings. The molecule has 8 bridgehead atoms. The maximum Gasteiger partial charge on any atom is 0.157 e. The third-order valence-corrected chi connectivity index (χ3v) is 22.0. The van der Waals surface area contributed by atoms with Crippen molar-refractivity contribution in [2.45, 2.75) is 200 Å². The van der Waals surface area contributed by atoms with Crippen molar-refractivity contribution >= 4 is 11.8 Å². The van der Waals surface area contributed by atoms with Gasteiger partial charge in [0.2, 0.25) is 0 Å². The second-order valence-corrected chi connectivity index (χ2v) is 26.9. The van der Waals surface area contributed by atoms with Gasteiger partial charge in [-0.2, -0.15) is 11.8 Å². The van der Waals surface area contributed by atoms with Gasteiger partial charge in [0.15, 0.2) is 6.29 Å². The van der Waals surface area contributed by atoms with Crippen LogP contribution in [-0.4, -0.2) is 238 Å². The fourth-order valence-electron chi connectivity index (χ4n) is 16.9. The molecule has 0 spiro atoms. The van der Waals surface area contributed by atoms with Gasteiger partial charge in [0.25, 0.3) is 0 Å². The van der Waals surface area contributed by atoms with Crippen molar-refractivity contribution in [1.29, 1.82) is 0 Å². The molecule has 10 rings (SSSR count). The highest BCUT2D eigenvalue weighted by Crippen LogP contribution is 2.49. The van der Waals surface area contributed by atoms with Crippen molar-refractivity contribution in [2.75, 3.05) is 141 Å². The summed E-state index contributed by atoms with van der Waals surface area (Å²) in [4.78, 5) is 0. The zero-order valence-electron chi connectivity index (χ0n) is 51.9. The number of rotatable bonds is 33. The first-order chi connectivity index (χ1) is 41.4. The van der Waals surface area contributed by atoms with Crippen molar-refractivity contribution in [3.63, 3.8) is 0 Å². The molecule has 23 heteroatoms. The first kappa shape index (κ1) is 66.4. The minimum atomic E-state index is -0.177. The third kappa shape index (κ3) is 16.9. The van der Waals surface area contributed by atoms with E-state index in [1.165, 1.54) is 37.9 Å². The molecule has 8 N–H and O–H groups in total. The zero-order valence-corrected chi connectivity index (χ0v) is 52.7. The monoisotopic (exact) mass is 1210 g/mol. The molecule has 6 aliphatic heterocycles. The predicted molar refractivity (Wildman–Crippen MR) is 319 cm³/mol. The molecule has 0 radical (unpaired) electrons. The van der Waals surface area contributed by atoms with Gasteiger partial charge in [-0.25, -0.2) is 0 Å². The van der Waals surface area contributed by atoms with Crippen molar-refractivity contribution in [2.24, 2.45) is 47.3 Å². The fraction of sp³-hybridized carbons (Fsp3) is 1.00. The number of hydrogen-bond acceptors (Lipinski definition) is 23. The molecule has 24 unspecified atom stereocenters. The molecule has 22 nitrogen and oxygen atoms in total. The predicted octanol–water partition coefficient (Wildman–Crippen LogP) is 3.27. The Morgan fingerprint density at radius 1 is 0.321 bits per heavy atom. The first-order valence-corrected chi connectivity index (χ1v) is 34.1. The second kappa shape index (κ2) is 34.8. The normalized spacial score (nSPS) is 41.9. The summed E-state index contributed by atoms with van der Waals surface area (Å²) in [6.07, 6.45) is 15.9. The second-order valence-electron chi connectivity index (χ2n) is 25.5. The fourth-order valence-corrected chi connectivity index (χ4v) is 18.2. The summed E-state index contributed by atoms with van der Waals surface area (Å²) >= 11 is 2.21. The van der Waals surface area contributed by atoms with E-state index in [2.05, 4.69) is 54.3 Å². The van der Waals surface area contributed by atoms with Crippen LogP contribution < -0.4 is 42.5 Å². The van der Waals surface area contributed by atoms with Gasteiger partial charge in [0, 0.05) is 96.6 Å². The van der Waals surface area contributed by atoms with E-state index in [-0.39, 0.29) is 128 Å². The standard InChI is InChI=1S/C61H112N8O14S/c1-70-24-30-76-41-16-18-43(78-32-26-72-3)50-48(41)56-63-54-39-15-14-38(84-36-12-8-7-10-22-82-47-13-9-11-23-83-47)37-40(39)55(62-54)64-57-49-42(77-31-25-71-2)17-19-44(79-33-27-73-4)51(49)59(66-57)68-61-53-46(81-35-29-75-6)21-20-45(80-34-28-74-5)52(53)60(69-61)67-58(50)65-56/h38-69H,7-37H2,1-6H3. The highest BCUT2D eigenvalue weighted by atomic mass is 32.2. The van der Waals surface area contributed by atoms with Gasteiger partial charge < -0.3 is 66.3 Å². The molecule has 10 fully saturated rings. The van der Waals surface area contributed by atoms with Gasteiger partial charge in [0.05, 0.1) is 165 Å². The van der Waals surface area contributed by atoms with E-state index < -0.39 is 0 Å². The topological polar surface area (TPSA) is 225 Å². The van der Waals surface area contributed by atoms with Crippen molar-refractivity contribution < 1.29 is 66.3 Å². The van der Waals surface area contributed by atoms with Crippen LogP contribution in [0.25, 0.3) is 0 Å². The van der Waals surface area contributed by atoms with Crippen LogP contribution in [0.3, 0.4) is 0 Å². The number of fused-ring (bicyclic) bond motifs is 20. The number of ether oxygens (including phenoxy) is 14. The summed E-state index contributed by atoms with van der Waals surface area (Å²) in [5, 5.41) is 35.2. The van der Waals surface area contributed by atoms with Crippen molar-refractivity contribution in [1.82, 2.24) is 42.5 Å². The molecular weight excluding hydrogens is 1100 g/mol. The SMILES string of the molecule is COCCOC1CCC(OCCOC)C2C3NC(NC4NC(NC5NC(NC6NC(N3)C3C(OCCOC)CCC(OCCOC)C63)C3C(OCCOC)CCC(OCCOC)C53)C3CC(SCCCCCCOC5CCCCO5)CCC43)C12. The molecule has 6 heterocycles. The smallest absolute Gasteiger partial charge is 0.157 e. The summed E-state index contributed by atoms with van der Waals surface area (Å²) in [6, 6.07) is 0. The average molecular weight is 1210 g/mol. The molecule has 0 aromatic carbocycles. The molecule has 486 valence electrons. The zero-order chi connectivity index (χ0) is 58.0. The summed E-state index contributed by atoms with van der Waals surface area (Å²) in [5.74, 6) is 2.30. The van der Waals surface area contributed by atoms with Crippen LogP contribution in [0, 0.1) is 47.3 Å². The molecule has 84 heavy (non-hydrogen) atoms. The summed E-state index contributed by atoms with van der Waals surface area (Å²) in [5.41, 5.74) is 0. The summed E-state index contributed by atoms with van der Waals surface area (Å²) in [6.45, 7) is 7.94. The lowest BCUT2D eigenvalue weighted by molar-refractivity contribution is -0.162. The van der Waals surface area contributed by atoms with E-state index in [1.807, 2.05) is 0 Å². The van der Waals surface area contributed by atoms with Gasteiger partial charge in [-0.05, 0) is 107 Å². The molecule has 0 aromatic rings. The number of nitrogens with one attached hydrogen (secondary N) is 8. The number of thioether (sulfide) groups is 1. The van der Waals surface area contributed by atoms with E-state index >= 15 is 0 Å². The minimum Gasteiger partial charge on any atom is -0.382 e. The van der Waals surface area contributed by atoms with Gasteiger partial charge >= 0.3 is 0 Å². The van der Waals surface area contributed by atoms with Gasteiger partial charge in [-0.15, -0.1) is 0 Å². The Morgan fingerprint density at radius 2 is 0.667 bits per heavy atom. The minimum absolute atomic E-state index is 0.00201. The first-order valence-electron chi connectivity index (χ1n) is 33.0. The van der Waals surface area contributed by atoms with Crippen LogP contribution in [0.15, 0.2) is 0 Å². The molecule has 0 amide bonds. The Bertz CT molecular complexity index is 1850. The quantitative estimate of drug-likeness (QED) is 0.0442. The lowest BCUT2D eigenvalue weighted by atomic mass is 9.72. The Morgan fingerprint density at radius 3 is 1.02 bits per heavy atom. The van der Waals surface area contributed by atoms with Gasteiger partial charge in [0.1, 0.15) is 0 Å². The van der Waals surface area contributed by atoms with Crippen LogP contribution in [0.1, 0.15) is 103 Å². The molecule has 0 aromatic heterocycles. The number of hydrogen-bond donors (Lipinski definition) is 8. The molecule has 4 aliphatic carbocycles. The molecule has 4 saturated carbocycles. The van der Waals surface area contributed by atoms with Crippen LogP contribution in [0.2, 0.25) is 0 Å². The average Bonchev–Trinajstić information content (AvgIpc) is 1.95. The Hall–Kier alpha value is -0.530. The maximum absolute atomic E-state index is 6.96. The van der Waals surface area contributed by atoms with Crippen LogP contribution in [0.5, 0.6) is 0 Å². The van der Waals surface area contributed by atoms with E-state index in [0.29, 0.717) is 96.4 Å². The lowest BCUT2D eigenvalue weighted by Crippen LogP contribution is -2.62. The highest BCUT2D eigenvalue weighted by molar-refractivity contribution is 7.99. The van der Waals surface area contributed by atoms with E-state index in [9.17, 15) is 0 Å². The Labute approximate surface area is 507 Å². The summed E-state index contributed by atoms with van der Waals surface area (Å²) in [7, 11) is 10.5. The van der Waals surface area contributed by atoms with E-state index in [4.69, 9.17) is 66.3 Å². The number of unbranched alkanes of at least 4 members (excludes halogenated alkanes) is 3. The lowest BCUT2D eigenvalue weighted by Gasteiger charge is -2.45. The molecule has 24 atom stereocenters. The number of methoxy groups -OCH3 is 6. The van der Waals surface area contributed by atoms with Crippen LogP contribution >= 0.6 is 11.8 Å². The van der Waals surface area contributed by atoms with Gasteiger partial charge in [-0.1, -0.05) is 12.8 Å². The van der Waals surface area contributed by atoms with Crippen LogP contribution in [-0.2, 0) is 66.3 Å². The summed E-state index contributed by atoms with van der Waals surface area (Å²) < 4.78 is 87.2. The highest BCUT2D eigenvalue weighted by Gasteiger charge is 2.62. The molecule has 6 saturated heterocycles. The Kier molecular flexibility index (Phi) is 27.5. The third-order valence-electron chi connectivity index (χ3n) is 20.6. The van der Waals surface area contributed by atoms with E-state index in [0.717, 1.165) is 83.8 Å². The largest absolute Gasteiger partial charge is 0.382 e. The maximum atomic E-state index is 6.96. The van der Waals surface area contributed by atoms with Crippen LogP contribution in [0.4, 0.5) is 0 Å². The molecular formula is C61H112N8O14S. The van der Waals surface area contributed by atoms with E-state index in [1.54, 1.807) is 42.7 Å². The van der Waals surface area contributed by atoms with Crippen molar-refractivity contribution in [3.05, 3.63) is 0 Å². The van der Waals surface area contributed by atoms with Gasteiger partial charge in [-0.3, -0.25) is 42.5 Å².